The van der Waals surface area contributed by atoms with Gasteiger partial charge in [0.1, 0.15) is 18.0 Å². The van der Waals surface area contributed by atoms with Crippen molar-refractivity contribution >= 4 is 45.5 Å². The van der Waals surface area contributed by atoms with E-state index in [0.29, 0.717) is 36.7 Å². The maximum absolute atomic E-state index is 13.4. The van der Waals surface area contributed by atoms with E-state index < -0.39 is 23.7 Å². The molecule has 0 radical (unpaired) electrons. The van der Waals surface area contributed by atoms with E-state index in [1.165, 1.54) is 18.2 Å². The molecular formula is C29H24BrFN2O5. The van der Waals surface area contributed by atoms with Crippen molar-refractivity contribution in [3.63, 3.8) is 0 Å². The lowest BCUT2D eigenvalue weighted by atomic mass is 10.0. The maximum Gasteiger partial charge on any atom is 0.335 e. The van der Waals surface area contributed by atoms with Gasteiger partial charge in [0, 0.05) is 10.0 Å². The Labute approximate surface area is 227 Å². The normalized spacial score (nSPS) is 14.4. The van der Waals surface area contributed by atoms with Crippen LogP contribution in [-0.2, 0) is 22.6 Å². The summed E-state index contributed by atoms with van der Waals surface area (Å²) in [6.45, 7) is 6.31. The summed E-state index contributed by atoms with van der Waals surface area (Å²) in [5, 5.41) is 2.17. The molecule has 0 spiro atoms. The number of ether oxygens (including phenoxy) is 2. The summed E-state index contributed by atoms with van der Waals surface area (Å²) in [6.07, 6.45) is 3.53. The Bertz CT molecular complexity index is 1420. The van der Waals surface area contributed by atoms with E-state index >= 15 is 0 Å². The van der Waals surface area contributed by atoms with E-state index in [2.05, 4.69) is 27.8 Å². The number of hydrogen-bond donors (Lipinski definition) is 1. The number of rotatable bonds is 9. The molecule has 4 amide bonds. The molecule has 0 bridgehead atoms. The molecule has 4 rings (SSSR count). The molecule has 1 fully saturated rings. The van der Waals surface area contributed by atoms with Crippen LogP contribution in [0.25, 0.3) is 6.08 Å². The highest BCUT2D eigenvalue weighted by molar-refractivity contribution is 9.10. The highest BCUT2D eigenvalue weighted by Gasteiger charge is 2.37. The van der Waals surface area contributed by atoms with Crippen molar-refractivity contribution in [1.29, 1.82) is 0 Å². The zero-order valence-electron chi connectivity index (χ0n) is 20.5. The van der Waals surface area contributed by atoms with Gasteiger partial charge in [-0.25, -0.2) is 14.1 Å². The lowest BCUT2D eigenvalue weighted by Gasteiger charge is -2.26. The van der Waals surface area contributed by atoms with Gasteiger partial charge in [-0.1, -0.05) is 34.1 Å². The number of imide groups is 2. The smallest absolute Gasteiger partial charge is 0.335 e. The van der Waals surface area contributed by atoms with E-state index in [9.17, 15) is 18.8 Å². The minimum absolute atomic E-state index is 0.131. The molecule has 0 atom stereocenters. The highest BCUT2D eigenvalue weighted by atomic mass is 79.9. The van der Waals surface area contributed by atoms with Crippen molar-refractivity contribution in [2.24, 2.45) is 0 Å². The summed E-state index contributed by atoms with van der Waals surface area (Å²) in [7, 11) is 0. The van der Waals surface area contributed by atoms with Gasteiger partial charge >= 0.3 is 6.03 Å². The number of urea groups is 1. The number of carbonyl (C=O) groups excluding carboxylic acids is 3. The largest absolute Gasteiger partial charge is 0.490 e. The zero-order valence-corrected chi connectivity index (χ0v) is 22.1. The predicted octanol–water partition coefficient (Wildman–Crippen LogP) is 5.96. The summed E-state index contributed by atoms with van der Waals surface area (Å²) in [5.74, 6) is -1.22. The van der Waals surface area contributed by atoms with Crippen molar-refractivity contribution in [2.45, 2.75) is 20.0 Å². The van der Waals surface area contributed by atoms with E-state index in [0.717, 1.165) is 32.6 Å². The van der Waals surface area contributed by atoms with Gasteiger partial charge in [0.15, 0.2) is 11.5 Å². The molecule has 3 aromatic rings. The van der Waals surface area contributed by atoms with Gasteiger partial charge in [0.25, 0.3) is 11.8 Å². The second-order valence-corrected chi connectivity index (χ2v) is 9.20. The van der Waals surface area contributed by atoms with E-state index in [1.54, 1.807) is 18.2 Å². The lowest BCUT2D eigenvalue weighted by Crippen LogP contribution is -2.54. The van der Waals surface area contributed by atoms with Crippen LogP contribution in [0.2, 0.25) is 0 Å². The average Bonchev–Trinajstić information content (AvgIpc) is 2.88. The predicted molar refractivity (Wildman–Crippen MR) is 145 cm³/mol. The second kappa shape index (κ2) is 11.9. The van der Waals surface area contributed by atoms with Gasteiger partial charge in [-0.3, -0.25) is 14.9 Å². The maximum atomic E-state index is 13.4. The molecule has 38 heavy (non-hydrogen) atoms. The summed E-state index contributed by atoms with van der Waals surface area (Å²) in [6, 6.07) is 15.1. The second-order valence-electron chi connectivity index (χ2n) is 8.28. The third-order valence-corrected chi connectivity index (χ3v) is 6.14. The van der Waals surface area contributed by atoms with E-state index in [1.807, 2.05) is 31.2 Å². The molecule has 1 aliphatic rings. The monoisotopic (exact) mass is 578 g/mol. The fourth-order valence-corrected chi connectivity index (χ4v) is 4.15. The number of hydrogen-bond acceptors (Lipinski definition) is 5. The van der Waals surface area contributed by atoms with Crippen LogP contribution in [0.1, 0.15) is 23.6 Å². The molecule has 3 aromatic carbocycles. The first-order valence-corrected chi connectivity index (χ1v) is 12.5. The number of anilines is 1. The van der Waals surface area contributed by atoms with Gasteiger partial charge in [-0.15, -0.1) is 6.58 Å². The molecule has 1 N–H and O–H groups in total. The molecule has 0 aliphatic carbocycles. The number of nitrogens with zero attached hydrogens (tertiary/aromatic N) is 1. The lowest BCUT2D eigenvalue weighted by molar-refractivity contribution is -0.122. The molecule has 7 nitrogen and oxygen atoms in total. The summed E-state index contributed by atoms with van der Waals surface area (Å²) >= 11 is 3.42. The Kier molecular flexibility index (Phi) is 8.38. The van der Waals surface area contributed by atoms with Crippen LogP contribution >= 0.6 is 15.9 Å². The van der Waals surface area contributed by atoms with Gasteiger partial charge in [0.2, 0.25) is 0 Å². The van der Waals surface area contributed by atoms with Crippen LogP contribution in [0.3, 0.4) is 0 Å². The van der Waals surface area contributed by atoms with E-state index in [-0.39, 0.29) is 11.3 Å². The molecule has 1 aliphatic heterocycles. The standard InChI is InChI=1S/C29H24BrFN2O5/c1-3-5-20-14-19(16-25(37-4-2)26(20)38-17-18-6-8-21(30)9-7-18)15-24-27(34)32-29(36)33(28(24)35)23-12-10-22(31)11-13-23/h3,6-16H,1,4-5,17H2,2H3,(H,32,34,36)/b24-15+. The Hall–Kier alpha value is -4.24. The van der Waals surface area contributed by atoms with E-state index in [4.69, 9.17) is 9.47 Å². The molecule has 0 unspecified atom stereocenters. The third kappa shape index (κ3) is 6.00. The fraction of sp³-hybridized carbons (Fsp3) is 0.138. The zero-order chi connectivity index (χ0) is 27.2. The number of benzene rings is 3. The first kappa shape index (κ1) is 26.8. The van der Waals surface area contributed by atoms with Gasteiger partial charge < -0.3 is 9.47 Å². The highest BCUT2D eigenvalue weighted by Crippen LogP contribution is 2.36. The quantitative estimate of drug-likeness (QED) is 0.192. The van der Waals surface area contributed by atoms with Crippen LogP contribution in [0, 0.1) is 5.82 Å². The number of allylic oxidation sites excluding steroid dienone is 1. The van der Waals surface area contributed by atoms with Crippen LogP contribution in [-0.4, -0.2) is 24.5 Å². The van der Waals surface area contributed by atoms with Gasteiger partial charge in [0.05, 0.1) is 12.3 Å². The fourth-order valence-electron chi connectivity index (χ4n) is 3.89. The van der Waals surface area contributed by atoms with Crippen molar-refractivity contribution in [1.82, 2.24) is 5.32 Å². The van der Waals surface area contributed by atoms with Crippen molar-refractivity contribution < 1.29 is 28.2 Å². The Morgan fingerprint density at radius 2 is 1.74 bits per heavy atom. The van der Waals surface area contributed by atoms with Crippen molar-refractivity contribution in [3.05, 3.63) is 106 Å². The number of barbiturate groups is 1. The topological polar surface area (TPSA) is 84.9 Å². The molecule has 0 aromatic heterocycles. The van der Waals surface area contributed by atoms with Crippen LogP contribution < -0.4 is 19.7 Å². The van der Waals surface area contributed by atoms with Crippen molar-refractivity contribution in [2.75, 3.05) is 11.5 Å². The van der Waals surface area contributed by atoms with Crippen molar-refractivity contribution in [3.8, 4) is 11.5 Å². The molecular weight excluding hydrogens is 555 g/mol. The number of amides is 4. The van der Waals surface area contributed by atoms with Gasteiger partial charge in [-0.2, -0.15) is 0 Å². The molecule has 0 saturated carbocycles. The Balaban J connectivity index is 1.71. The SMILES string of the molecule is C=CCc1cc(/C=C2\C(=O)NC(=O)N(c3ccc(F)cc3)C2=O)cc(OCC)c1OCc1ccc(Br)cc1. The molecule has 1 saturated heterocycles. The summed E-state index contributed by atoms with van der Waals surface area (Å²) in [4.78, 5) is 39.1. The summed E-state index contributed by atoms with van der Waals surface area (Å²) in [5.41, 5.74) is 2.07. The number of nitrogens with one attached hydrogen (secondary N) is 1. The Morgan fingerprint density at radius 1 is 1.03 bits per heavy atom. The first-order chi connectivity index (χ1) is 18.3. The third-order valence-electron chi connectivity index (χ3n) is 5.61. The number of carbonyl (C=O) groups is 3. The minimum atomic E-state index is -0.914. The molecule has 1 heterocycles. The number of halogens is 2. The van der Waals surface area contributed by atoms with Crippen LogP contribution in [0.15, 0.2) is 83.4 Å². The van der Waals surface area contributed by atoms with Crippen LogP contribution in [0.4, 0.5) is 14.9 Å². The first-order valence-electron chi connectivity index (χ1n) is 11.8. The summed E-state index contributed by atoms with van der Waals surface area (Å²) < 4.78 is 26.3. The Morgan fingerprint density at radius 3 is 2.39 bits per heavy atom. The average molecular weight is 579 g/mol. The van der Waals surface area contributed by atoms with Crippen LogP contribution in [0.5, 0.6) is 11.5 Å². The van der Waals surface area contributed by atoms with Gasteiger partial charge in [-0.05, 0) is 79.1 Å². The molecule has 9 heteroatoms. The minimum Gasteiger partial charge on any atom is -0.490 e. The molecule has 194 valence electrons.